The molecule has 166 valence electrons. The summed E-state index contributed by atoms with van der Waals surface area (Å²) < 4.78 is 38.7. The van der Waals surface area contributed by atoms with Crippen LogP contribution >= 0.6 is 11.6 Å². The lowest BCUT2D eigenvalue weighted by atomic mass is 9.97. The fraction of sp³-hybridized carbons (Fsp3) is 0.450. The first-order valence-electron chi connectivity index (χ1n) is 10.1. The number of aryl methyl sites for hydroxylation is 1. The number of benzene rings is 1. The Morgan fingerprint density at radius 3 is 2.84 bits per heavy atom. The molecule has 4 rings (SSSR count). The number of sulfonamides is 1. The summed E-state index contributed by atoms with van der Waals surface area (Å²) in [6.45, 7) is 1.77. The maximum atomic E-state index is 12.8. The molecule has 0 radical (unpaired) electrons. The van der Waals surface area contributed by atoms with Crippen LogP contribution in [0.3, 0.4) is 0 Å². The van der Waals surface area contributed by atoms with Crippen molar-refractivity contribution in [3.63, 3.8) is 0 Å². The number of hydrogen-bond donors (Lipinski definition) is 1. The van der Waals surface area contributed by atoms with Crippen LogP contribution in [0.2, 0.25) is 5.02 Å². The Bertz CT molecular complexity index is 1130. The first kappa shape index (κ1) is 21.8. The van der Waals surface area contributed by atoms with Crippen molar-refractivity contribution >= 4 is 33.2 Å². The summed E-state index contributed by atoms with van der Waals surface area (Å²) in [4.78, 5) is 17.8. The van der Waals surface area contributed by atoms with Crippen molar-refractivity contribution in [2.75, 3.05) is 18.1 Å². The fourth-order valence-corrected chi connectivity index (χ4v) is 5.25. The van der Waals surface area contributed by atoms with Gasteiger partial charge in [0.15, 0.2) is 12.4 Å². The minimum absolute atomic E-state index is 0.00396. The summed E-state index contributed by atoms with van der Waals surface area (Å²) in [7, 11) is -3.84. The molecule has 1 aliphatic carbocycles. The van der Waals surface area contributed by atoms with Gasteiger partial charge in [0.1, 0.15) is 10.6 Å². The van der Waals surface area contributed by atoms with Crippen LogP contribution in [-0.4, -0.2) is 37.6 Å². The predicted octanol–water partition coefficient (Wildman–Crippen LogP) is 3.13. The zero-order chi connectivity index (χ0) is 22.0. The van der Waals surface area contributed by atoms with Gasteiger partial charge in [-0.05, 0) is 38.2 Å². The van der Waals surface area contributed by atoms with Crippen molar-refractivity contribution in [3.8, 4) is 5.75 Å². The quantitative estimate of drug-likeness (QED) is 0.623. The second-order valence-electron chi connectivity index (χ2n) is 7.50. The molecular formula is C20H23ClN4O5S. The maximum Gasteiger partial charge on any atom is 0.265 e. The van der Waals surface area contributed by atoms with Gasteiger partial charge in [0.2, 0.25) is 15.9 Å². The van der Waals surface area contributed by atoms with E-state index >= 15 is 0 Å². The maximum absolute atomic E-state index is 12.8. The SMILES string of the molecule is Cc1nc(CN2C(=O)COc3cc(S(=O)(=O)NCCC4=CCCCC4)c(Cl)cc32)no1. The minimum atomic E-state index is -3.84. The van der Waals surface area contributed by atoms with Gasteiger partial charge in [-0.3, -0.25) is 9.69 Å². The van der Waals surface area contributed by atoms with Gasteiger partial charge in [-0.25, -0.2) is 13.1 Å². The molecule has 1 aliphatic heterocycles. The molecule has 2 heterocycles. The van der Waals surface area contributed by atoms with Crippen molar-refractivity contribution in [2.45, 2.75) is 50.5 Å². The van der Waals surface area contributed by atoms with Crippen molar-refractivity contribution in [1.29, 1.82) is 0 Å². The monoisotopic (exact) mass is 466 g/mol. The lowest BCUT2D eigenvalue weighted by Crippen LogP contribution is -2.38. The normalized spacial score (nSPS) is 16.6. The Kier molecular flexibility index (Phi) is 6.31. The number of carbonyl (C=O) groups excluding carboxylic acids is 1. The number of anilines is 1. The molecule has 2 aromatic rings. The van der Waals surface area contributed by atoms with Gasteiger partial charge < -0.3 is 9.26 Å². The van der Waals surface area contributed by atoms with Gasteiger partial charge in [-0.2, -0.15) is 4.98 Å². The topological polar surface area (TPSA) is 115 Å². The van der Waals surface area contributed by atoms with Crippen LogP contribution in [0.5, 0.6) is 5.75 Å². The summed E-state index contributed by atoms with van der Waals surface area (Å²) >= 11 is 6.32. The van der Waals surface area contributed by atoms with Crippen molar-refractivity contribution in [2.24, 2.45) is 0 Å². The van der Waals surface area contributed by atoms with Gasteiger partial charge in [-0.1, -0.05) is 28.4 Å². The van der Waals surface area contributed by atoms with Crippen LogP contribution in [0.15, 0.2) is 33.2 Å². The lowest BCUT2D eigenvalue weighted by Gasteiger charge is -2.29. The van der Waals surface area contributed by atoms with E-state index in [1.165, 1.54) is 29.0 Å². The second-order valence-corrected chi connectivity index (χ2v) is 9.65. The molecule has 0 saturated carbocycles. The molecule has 31 heavy (non-hydrogen) atoms. The number of aromatic nitrogens is 2. The van der Waals surface area contributed by atoms with Crippen LogP contribution in [-0.2, 0) is 21.4 Å². The third kappa shape index (κ3) is 4.91. The molecule has 0 fully saturated rings. The van der Waals surface area contributed by atoms with E-state index < -0.39 is 10.0 Å². The van der Waals surface area contributed by atoms with E-state index in [0.29, 0.717) is 30.4 Å². The number of carbonyl (C=O) groups is 1. The number of halogens is 1. The first-order chi connectivity index (χ1) is 14.8. The largest absolute Gasteiger partial charge is 0.482 e. The Hall–Kier alpha value is -2.43. The summed E-state index contributed by atoms with van der Waals surface area (Å²) in [5.41, 5.74) is 1.63. The molecule has 0 saturated heterocycles. The van der Waals surface area contributed by atoms with Gasteiger partial charge >= 0.3 is 0 Å². The van der Waals surface area contributed by atoms with E-state index in [-0.39, 0.29) is 34.7 Å². The Morgan fingerprint density at radius 2 is 2.13 bits per heavy atom. The molecule has 1 N–H and O–H groups in total. The van der Waals surface area contributed by atoms with E-state index in [9.17, 15) is 13.2 Å². The first-order valence-corrected chi connectivity index (χ1v) is 11.9. The number of nitrogens with one attached hydrogen (secondary N) is 1. The van der Waals surface area contributed by atoms with E-state index in [1.54, 1.807) is 6.92 Å². The Morgan fingerprint density at radius 1 is 1.29 bits per heavy atom. The molecule has 1 aromatic carbocycles. The predicted molar refractivity (Wildman–Crippen MR) is 114 cm³/mol. The van der Waals surface area contributed by atoms with Crippen LogP contribution < -0.4 is 14.4 Å². The van der Waals surface area contributed by atoms with Crippen LogP contribution in [0, 0.1) is 6.92 Å². The number of rotatable bonds is 7. The fourth-order valence-electron chi connectivity index (χ4n) is 3.68. The Labute approximate surface area is 185 Å². The van der Waals surface area contributed by atoms with Gasteiger partial charge in [0.05, 0.1) is 17.3 Å². The zero-order valence-electron chi connectivity index (χ0n) is 17.1. The van der Waals surface area contributed by atoms with Crippen LogP contribution in [0.25, 0.3) is 0 Å². The average Bonchev–Trinajstić information content (AvgIpc) is 3.15. The zero-order valence-corrected chi connectivity index (χ0v) is 18.6. The molecular weight excluding hydrogens is 444 g/mol. The van der Waals surface area contributed by atoms with Crippen molar-refractivity contribution in [1.82, 2.24) is 14.9 Å². The molecule has 0 spiro atoms. The molecule has 2 aliphatic rings. The average molecular weight is 467 g/mol. The highest BCUT2D eigenvalue weighted by Gasteiger charge is 2.30. The minimum Gasteiger partial charge on any atom is -0.482 e. The number of fused-ring (bicyclic) bond motifs is 1. The van der Waals surface area contributed by atoms with E-state index in [1.807, 2.05) is 0 Å². The number of ether oxygens (including phenoxy) is 1. The van der Waals surface area contributed by atoms with Gasteiger partial charge in [0.25, 0.3) is 5.91 Å². The van der Waals surface area contributed by atoms with E-state index in [2.05, 4.69) is 20.9 Å². The summed E-state index contributed by atoms with van der Waals surface area (Å²) in [5.74, 6) is 0.635. The highest BCUT2D eigenvalue weighted by Crippen LogP contribution is 2.39. The number of hydrogen-bond acceptors (Lipinski definition) is 7. The third-order valence-electron chi connectivity index (χ3n) is 5.24. The molecule has 1 aromatic heterocycles. The smallest absolute Gasteiger partial charge is 0.265 e. The van der Waals surface area contributed by atoms with E-state index in [4.69, 9.17) is 20.9 Å². The highest BCUT2D eigenvalue weighted by molar-refractivity contribution is 7.89. The second kappa shape index (κ2) is 8.97. The summed E-state index contributed by atoms with van der Waals surface area (Å²) in [6.07, 6.45) is 7.25. The Balaban J connectivity index is 1.53. The molecule has 1 amide bonds. The number of allylic oxidation sites excluding steroid dienone is 1. The summed E-state index contributed by atoms with van der Waals surface area (Å²) in [6, 6.07) is 2.76. The molecule has 0 bridgehead atoms. The summed E-state index contributed by atoms with van der Waals surface area (Å²) in [5, 5.41) is 3.80. The van der Waals surface area contributed by atoms with Crippen molar-refractivity contribution < 1.29 is 22.5 Å². The van der Waals surface area contributed by atoms with Gasteiger partial charge in [-0.15, -0.1) is 0 Å². The van der Waals surface area contributed by atoms with Crippen molar-refractivity contribution in [3.05, 3.63) is 40.5 Å². The van der Waals surface area contributed by atoms with Crippen LogP contribution in [0.4, 0.5) is 5.69 Å². The lowest BCUT2D eigenvalue weighted by molar-refractivity contribution is -0.121. The van der Waals surface area contributed by atoms with Crippen LogP contribution in [0.1, 0.15) is 43.8 Å². The third-order valence-corrected chi connectivity index (χ3v) is 7.16. The molecule has 0 unspecified atom stereocenters. The molecule has 0 atom stereocenters. The van der Waals surface area contributed by atoms with E-state index in [0.717, 1.165) is 19.3 Å². The molecule has 11 heteroatoms. The number of amides is 1. The highest BCUT2D eigenvalue weighted by atomic mass is 35.5. The van der Waals surface area contributed by atoms with Gasteiger partial charge in [0, 0.05) is 19.5 Å². The molecule has 9 nitrogen and oxygen atoms in total. The standard InChI is InChI=1S/C20H23ClN4O5S/c1-13-23-19(24-30-13)11-25-16-9-15(21)18(10-17(16)29-12-20(25)26)31(27,28)22-8-7-14-5-3-2-4-6-14/h5,9-10,22H,2-4,6-8,11-12H2,1H3. The number of nitrogens with zero attached hydrogens (tertiary/aromatic N) is 3.